The number of thiocarbonyl (C=S) groups is 1. The Morgan fingerprint density at radius 1 is 1.00 bits per heavy atom. The third-order valence-electron chi connectivity index (χ3n) is 5.60. The lowest BCUT2D eigenvalue weighted by Gasteiger charge is -2.42. The number of nitrogens with one attached hydrogen (secondary N) is 3. The minimum atomic E-state index is -4.62. The topological polar surface area (TPSA) is 168 Å². The maximum atomic E-state index is 13.2. The van der Waals surface area contributed by atoms with Gasteiger partial charge in [0, 0.05) is 33.4 Å². The molecule has 5 atom stereocenters. The van der Waals surface area contributed by atoms with E-state index >= 15 is 0 Å². The van der Waals surface area contributed by atoms with Crippen LogP contribution in [0.5, 0.6) is 0 Å². The van der Waals surface area contributed by atoms with Gasteiger partial charge in [-0.3, -0.25) is 19.2 Å². The van der Waals surface area contributed by atoms with E-state index in [4.69, 9.17) is 35.9 Å². The van der Waals surface area contributed by atoms with Gasteiger partial charge in [-0.25, -0.2) is 4.79 Å². The third kappa shape index (κ3) is 10.7. The van der Waals surface area contributed by atoms with Gasteiger partial charge in [-0.15, -0.1) is 0 Å². The van der Waals surface area contributed by atoms with Crippen molar-refractivity contribution in [1.82, 2.24) is 10.6 Å². The standard InChI is InChI=1S/C26H30F3N3O10S/c1-12(33)30-21-18(32-25(43)31-17-8-6-7-16(9-17)26(27,28)29)10-19(24(37)38-5)42-23(21)22(41-15(4)36)20(40-14(3)35)11-39-13(2)34/h6-10,18,20-23H,11H2,1-5H3,(H,30,33)(H2,31,32,43)/t18-,20+,21+,22+,23+/m0/s1. The zero-order chi connectivity index (χ0) is 32.5. The first-order valence-corrected chi connectivity index (χ1v) is 12.9. The van der Waals surface area contributed by atoms with Crippen LogP contribution in [0.1, 0.15) is 33.3 Å². The summed E-state index contributed by atoms with van der Waals surface area (Å²) in [6.45, 7) is 3.70. The largest absolute Gasteiger partial charge is 0.477 e. The van der Waals surface area contributed by atoms with Crippen molar-refractivity contribution in [3.05, 3.63) is 41.7 Å². The van der Waals surface area contributed by atoms with E-state index in [1.54, 1.807) is 0 Å². The number of ether oxygens (including phenoxy) is 5. The number of carbonyl (C=O) groups excluding carboxylic acids is 5. The van der Waals surface area contributed by atoms with E-state index in [1.165, 1.54) is 12.1 Å². The number of anilines is 1. The van der Waals surface area contributed by atoms with Crippen molar-refractivity contribution in [1.29, 1.82) is 0 Å². The molecule has 13 nitrogen and oxygen atoms in total. The van der Waals surface area contributed by atoms with Crippen LogP contribution in [0, 0.1) is 0 Å². The molecular formula is C26H30F3N3O10S. The maximum absolute atomic E-state index is 13.2. The summed E-state index contributed by atoms with van der Waals surface area (Å²) in [5, 5.41) is 7.74. The molecular weight excluding hydrogens is 603 g/mol. The molecule has 1 aromatic carbocycles. The summed E-state index contributed by atoms with van der Waals surface area (Å²) in [5.41, 5.74) is -0.970. The number of rotatable bonds is 10. The van der Waals surface area contributed by atoms with Gasteiger partial charge in [0.05, 0.1) is 24.8 Å². The lowest BCUT2D eigenvalue weighted by Crippen LogP contribution is -2.64. The normalized spacial score (nSPS) is 19.3. The highest BCUT2D eigenvalue weighted by atomic mass is 32.1. The van der Waals surface area contributed by atoms with Crippen molar-refractivity contribution < 1.29 is 60.8 Å². The summed E-state index contributed by atoms with van der Waals surface area (Å²) in [7, 11) is 1.05. The van der Waals surface area contributed by atoms with Crippen LogP contribution in [-0.2, 0) is 53.8 Å². The molecule has 1 aliphatic rings. The molecule has 0 aliphatic carbocycles. The van der Waals surface area contributed by atoms with Crippen LogP contribution in [0.15, 0.2) is 36.1 Å². The number of halogens is 3. The van der Waals surface area contributed by atoms with Crippen molar-refractivity contribution in [3.8, 4) is 0 Å². The van der Waals surface area contributed by atoms with Crippen LogP contribution in [0.3, 0.4) is 0 Å². The van der Waals surface area contributed by atoms with Gasteiger partial charge in [-0.1, -0.05) is 6.07 Å². The zero-order valence-corrected chi connectivity index (χ0v) is 24.4. The van der Waals surface area contributed by atoms with E-state index in [9.17, 15) is 37.1 Å². The fraction of sp³-hybridized carbons (Fsp3) is 0.462. The molecule has 0 bridgehead atoms. The average molecular weight is 634 g/mol. The number of alkyl halides is 3. The second-order valence-corrected chi connectivity index (χ2v) is 9.47. The molecule has 0 saturated heterocycles. The van der Waals surface area contributed by atoms with Crippen LogP contribution < -0.4 is 16.0 Å². The predicted molar refractivity (Wildman–Crippen MR) is 145 cm³/mol. The molecule has 2 rings (SSSR count). The van der Waals surface area contributed by atoms with Gasteiger partial charge < -0.3 is 39.6 Å². The van der Waals surface area contributed by atoms with Crippen LogP contribution in [0.2, 0.25) is 0 Å². The first-order valence-electron chi connectivity index (χ1n) is 12.5. The number of amides is 1. The SMILES string of the molecule is COC(=O)C1=C[C@H](NC(=S)Nc2cccc(C(F)(F)F)c2)[C@@H](NC(C)=O)[C@H]([C@H](OC(C)=O)[C@@H](COC(C)=O)OC(C)=O)O1. The summed E-state index contributed by atoms with van der Waals surface area (Å²) in [4.78, 5) is 60.4. The van der Waals surface area contributed by atoms with E-state index in [0.717, 1.165) is 53.0 Å². The fourth-order valence-electron chi connectivity index (χ4n) is 4.00. The van der Waals surface area contributed by atoms with Crippen LogP contribution in [0.25, 0.3) is 0 Å². The fourth-order valence-corrected chi connectivity index (χ4v) is 4.26. The number of carbonyl (C=O) groups is 5. The van der Waals surface area contributed by atoms with Crippen molar-refractivity contribution in [2.24, 2.45) is 0 Å². The summed E-state index contributed by atoms with van der Waals surface area (Å²) < 4.78 is 65.7. The molecule has 43 heavy (non-hydrogen) atoms. The molecule has 17 heteroatoms. The van der Waals surface area contributed by atoms with Gasteiger partial charge >= 0.3 is 30.1 Å². The molecule has 0 spiro atoms. The van der Waals surface area contributed by atoms with E-state index in [0.29, 0.717) is 0 Å². The van der Waals surface area contributed by atoms with E-state index in [2.05, 4.69) is 16.0 Å². The Bertz CT molecular complexity index is 1270. The Morgan fingerprint density at radius 3 is 2.19 bits per heavy atom. The average Bonchev–Trinajstić information content (AvgIpc) is 2.89. The highest BCUT2D eigenvalue weighted by Gasteiger charge is 2.48. The van der Waals surface area contributed by atoms with Gasteiger partial charge in [0.1, 0.15) is 6.61 Å². The number of esters is 4. The summed E-state index contributed by atoms with van der Waals surface area (Å²) in [6.07, 6.45) is -8.04. The van der Waals surface area contributed by atoms with Gasteiger partial charge in [-0.2, -0.15) is 13.2 Å². The molecule has 1 aromatic rings. The highest BCUT2D eigenvalue weighted by Crippen LogP contribution is 2.31. The van der Waals surface area contributed by atoms with E-state index in [1.807, 2.05) is 0 Å². The van der Waals surface area contributed by atoms with Gasteiger partial charge in [0.25, 0.3) is 0 Å². The van der Waals surface area contributed by atoms with Gasteiger partial charge in [-0.05, 0) is 36.5 Å². The van der Waals surface area contributed by atoms with Crippen LogP contribution in [-0.4, -0.2) is 79.0 Å². The summed E-state index contributed by atoms with van der Waals surface area (Å²) >= 11 is 5.29. The Balaban J connectivity index is 2.55. The third-order valence-corrected chi connectivity index (χ3v) is 5.82. The first-order chi connectivity index (χ1) is 20.0. The lowest BCUT2D eigenvalue weighted by atomic mass is 9.91. The minimum absolute atomic E-state index is 0.0294. The molecule has 0 radical (unpaired) electrons. The zero-order valence-electron chi connectivity index (χ0n) is 23.6. The molecule has 0 saturated carbocycles. The Hall–Kier alpha value is -4.41. The van der Waals surface area contributed by atoms with Crippen molar-refractivity contribution in [2.45, 2.75) is 64.3 Å². The second-order valence-electron chi connectivity index (χ2n) is 9.06. The van der Waals surface area contributed by atoms with Crippen molar-refractivity contribution >= 4 is 52.8 Å². The molecule has 0 unspecified atom stereocenters. The molecule has 1 aliphatic heterocycles. The molecule has 1 heterocycles. The Morgan fingerprint density at radius 2 is 1.65 bits per heavy atom. The Labute approximate surface area is 249 Å². The molecule has 0 fully saturated rings. The van der Waals surface area contributed by atoms with Gasteiger partial charge in [0.2, 0.25) is 11.7 Å². The second kappa shape index (κ2) is 15.2. The monoisotopic (exact) mass is 633 g/mol. The molecule has 3 N–H and O–H groups in total. The van der Waals surface area contributed by atoms with E-state index < -0.39 is 84.3 Å². The summed E-state index contributed by atoms with van der Waals surface area (Å²) in [6, 6.07) is 1.77. The maximum Gasteiger partial charge on any atom is 0.416 e. The van der Waals surface area contributed by atoms with Gasteiger partial charge in [0.15, 0.2) is 23.4 Å². The van der Waals surface area contributed by atoms with E-state index in [-0.39, 0.29) is 10.8 Å². The predicted octanol–water partition coefficient (Wildman–Crippen LogP) is 1.75. The lowest BCUT2D eigenvalue weighted by molar-refractivity contribution is -0.188. The smallest absolute Gasteiger partial charge is 0.416 e. The van der Waals surface area contributed by atoms with Crippen molar-refractivity contribution in [3.63, 3.8) is 0 Å². The van der Waals surface area contributed by atoms with Crippen molar-refractivity contribution in [2.75, 3.05) is 19.0 Å². The highest BCUT2D eigenvalue weighted by molar-refractivity contribution is 7.80. The summed E-state index contributed by atoms with van der Waals surface area (Å²) in [5.74, 6) is -4.58. The first kappa shape index (κ1) is 34.8. The minimum Gasteiger partial charge on any atom is -0.477 e. The number of methoxy groups -OCH3 is 1. The quantitative estimate of drug-likeness (QED) is 0.194. The molecule has 1 amide bonds. The van der Waals surface area contributed by atoms with Crippen LogP contribution >= 0.6 is 12.2 Å². The molecule has 0 aromatic heterocycles. The number of hydrogen-bond donors (Lipinski definition) is 3. The van der Waals surface area contributed by atoms with Crippen LogP contribution in [0.4, 0.5) is 18.9 Å². The molecule has 236 valence electrons. The Kier molecular flexibility index (Phi) is 12.3. The number of benzene rings is 1. The number of hydrogen-bond acceptors (Lipinski definition) is 11.